The Morgan fingerprint density at radius 2 is 1.94 bits per heavy atom. The summed E-state index contributed by atoms with van der Waals surface area (Å²) >= 11 is 0. The van der Waals surface area contributed by atoms with Crippen molar-refractivity contribution in [3.8, 4) is 11.8 Å². The molecule has 0 fully saturated rings. The average Bonchev–Trinajstić information content (AvgIpc) is 2.76. The average molecular weight is 495 g/mol. The third-order valence-corrected chi connectivity index (χ3v) is 5.94. The molecular weight excluding hydrogens is 471 g/mol. The summed E-state index contributed by atoms with van der Waals surface area (Å²) in [7, 11) is 0.616. The van der Waals surface area contributed by atoms with E-state index in [2.05, 4.69) is 9.44 Å². The van der Waals surface area contributed by atoms with E-state index in [9.17, 15) is 23.3 Å². The Hall–Kier alpha value is -2.88. The molecule has 0 saturated carbocycles. The number of nitrogens with one attached hydrogen (secondary N) is 2. The van der Waals surface area contributed by atoms with Crippen LogP contribution < -0.4 is 19.8 Å². The Labute approximate surface area is 219 Å². The molecule has 2 N–H and O–H groups in total. The molecule has 12 heteroatoms. The molecule has 0 radical (unpaired) electrons. The van der Waals surface area contributed by atoms with Crippen molar-refractivity contribution in [1.82, 2.24) is 9.62 Å². The van der Waals surface area contributed by atoms with Gasteiger partial charge in [-0.3, -0.25) is 4.72 Å². The van der Waals surface area contributed by atoms with Gasteiger partial charge in [-0.2, -0.15) is 13.7 Å². The number of ether oxygens (including phenoxy) is 1. The Morgan fingerprint density at radius 1 is 1.24 bits per heavy atom. The number of hydrogen-bond acceptors (Lipinski definition) is 7. The van der Waals surface area contributed by atoms with Crippen LogP contribution in [0.25, 0.3) is 11.0 Å². The number of aryl methyl sites for hydroxylation is 1. The van der Waals surface area contributed by atoms with E-state index in [0.29, 0.717) is 27.8 Å². The molecule has 0 aliphatic carbocycles. The maximum atomic E-state index is 12.7. The van der Waals surface area contributed by atoms with Gasteiger partial charge in [0.05, 0.1) is 11.3 Å². The minimum absolute atomic E-state index is 0. The number of nitriles is 1. The fourth-order valence-corrected chi connectivity index (χ4v) is 3.67. The number of fused-ring (bicyclic) bond motifs is 1. The molecule has 0 unspecified atom stereocenters. The molecule has 0 saturated heterocycles. The van der Waals surface area contributed by atoms with Crippen LogP contribution in [0.3, 0.4) is 0 Å². The van der Waals surface area contributed by atoms with Crippen LogP contribution in [0.2, 0.25) is 0 Å². The Balaban J connectivity index is 0.00000408. The second-order valence-electron chi connectivity index (χ2n) is 7.40. The van der Waals surface area contributed by atoms with E-state index >= 15 is 0 Å². The van der Waals surface area contributed by atoms with E-state index in [-0.39, 0.29) is 52.9 Å². The quantitative estimate of drug-likeness (QED) is 0.393. The molecule has 3 rings (SSSR count). The summed E-state index contributed by atoms with van der Waals surface area (Å²) in [4.78, 5) is 25.9. The van der Waals surface area contributed by atoms with Gasteiger partial charge in [-0.25, -0.2) is 14.3 Å². The maximum absolute atomic E-state index is 12.7. The minimum atomic E-state index is -3.68. The predicted molar refractivity (Wildman–Crippen MR) is 130 cm³/mol. The molecule has 0 aliphatic rings. The number of benzene rings is 2. The van der Waals surface area contributed by atoms with Crippen LogP contribution >= 0.6 is 0 Å². The van der Waals surface area contributed by atoms with Crippen molar-refractivity contribution < 1.29 is 22.4 Å². The third-order valence-electron chi connectivity index (χ3n) is 4.90. The molecular formula is C22H23N4NaO6S. The van der Waals surface area contributed by atoms with Crippen LogP contribution in [0, 0.1) is 18.3 Å². The van der Waals surface area contributed by atoms with Crippen molar-refractivity contribution >= 4 is 62.5 Å². The number of carbonyl (C=O) groups excluding carboxylic acids is 1. The van der Waals surface area contributed by atoms with E-state index in [1.165, 1.54) is 38.2 Å². The number of carbonyl (C=O) groups is 1. The monoisotopic (exact) mass is 494 g/mol. The van der Waals surface area contributed by atoms with Crippen molar-refractivity contribution in [2.75, 3.05) is 25.9 Å². The first-order chi connectivity index (χ1) is 15.5. The van der Waals surface area contributed by atoms with Crippen LogP contribution in [0.15, 0.2) is 45.6 Å². The first kappa shape index (κ1) is 27.4. The summed E-state index contributed by atoms with van der Waals surface area (Å²) in [5, 5.41) is 10.0. The molecule has 1 amide bonds. The number of hydrogen-bond donors (Lipinski definition) is 2. The van der Waals surface area contributed by atoms with Crippen molar-refractivity contribution in [1.29, 1.82) is 5.26 Å². The van der Waals surface area contributed by atoms with Gasteiger partial charge in [0, 0.05) is 44.6 Å². The van der Waals surface area contributed by atoms with Crippen molar-refractivity contribution in [3.63, 3.8) is 0 Å². The van der Waals surface area contributed by atoms with E-state index < -0.39 is 21.9 Å². The summed E-state index contributed by atoms with van der Waals surface area (Å²) in [6.45, 7) is 1.73. The van der Waals surface area contributed by atoms with Gasteiger partial charge < -0.3 is 14.1 Å². The van der Waals surface area contributed by atoms with E-state index in [1.807, 2.05) is 6.07 Å². The predicted octanol–water partition coefficient (Wildman–Crippen LogP) is 1.85. The Kier molecular flexibility index (Phi) is 8.88. The molecule has 1 heterocycles. The molecule has 0 aliphatic heterocycles. The summed E-state index contributed by atoms with van der Waals surface area (Å²) in [6, 6.07) is 11.5. The zero-order valence-electron chi connectivity index (χ0n) is 18.4. The van der Waals surface area contributed by atoms with Gasteiger partial charge >= 0.3 is 41.3 Å². The van der Waals surface area contributed by atoms with Crippen LogP contribution in [0.4, 0.5) is 10.5 Å². The van der Waals surface area contributed by atoms with Crippen LogP contribution in [-0.4, -0.2) is 70.1 Å². The van der Waals surface area contributed by atoms with E-state index in [0.717, 1.165) is 0 Å². The topological polar surface area (TPSA) is 142 Å². The number of anilines is 1. The summed E-state index contributed by atoms with van der Waals surface area (Å²) in [6.07, 6.45) is -0.492. The Bertz CT molecular complexity index is 1440. The molecule has 0 spiro atoms. The van der Waals surface area contributed by atoms with Gasteiger partial charge in [0.15, 0.2) is 5.75 Å². The van der Waals surface area contributed by atoms with Gasteiger partial charge in [-0.05, 0) is 36.2 Å². The fraction of sp³-hybridized carbons (Fsp3) is 0.227. The summed E-state index contributed by atoms with van der Waals surface area (Å²) < 4.78 is 38.7. The molecule has 1 aromatic heterocycles. The number of rotatable bonds is 6. The zero-order chi connectivity index (χ0) is 24.3. The summed E-state index contributed by atoms with van der Waals surface area (Å²) in [5.41, 5.74) is 1.68. The van der Waals surface area contributed by atoms with Gasteiger partial charge in [0.25, 0.3) is 10.2 Å². The molecule has 0 atom stereocenters. The molecule has 10 nitrogen and oxygen atoms in total. The van der Waals surface area contributed by atoms with Gasteiger partial charge in [0.2, 0.25) is 0 Å². The van der Waals surface area contributed by atoms with Crippen LogP contribution in [0.5, 0.6) is 5.75 Å². The van der Waals surface area contributed by atoms with E-state index in [4.69, 9.17) is 9.15 Å². The zero-order valence-corrected chi connectivity index (χ0v) is 19.2. The fourth-order valence-electron chi connectivity index (χ4n) is 3.13. The van der Waals surface area contributed by atoms with Gasteiger partial charge in [0.1, 0.15) is 11.7 Å². The van der Waals surface area contributed by atoms with Gasteiger partial charge in [-0.1, -0.05) is 12.1 Å². The van der Waals surface area contributed by atoms with Gasteiger partial charge in [-0.15, -0.1) is 0 Å². The molecule has 174 valence electrons. The summed E-state index contributed by atoms with van der Waals surface area (Å²) in [5.74, 6) is -0.0106. The normalized spacial score (nSPS) is 10.8. The molecule has 34 heavy (non-hydrogen) atoms. The standard InChI is InChI=1S/C22H22N4O6S.Na.H/c1-13-17-10-15(12-23)19(32-22(28)26(3)4)11-20(17)31-21(27)18(13)9-14-6-5-7-16(8-14)25-33(29,30)24-2;;/h5-8,10-11,24-25H,9H2,1-4H3;;. The van der Waals surface area contributed by atoms with Crippen molar-refractivity contribution in [2.45, 2.75) is 13.3 Å². The molecule has 2 aromatic carbocycles. The second-order valence-corrected chi connectivity index (χ2v) is 9.02. The van der Waals surface area contributed by atoms with Crippen LogP contribution in [0.1, 0.15) is 22.3 Å². The second kappa shape index (κ2) is 11.0. The molecule has 0 bridgehead atoms. The number of nitrogens with zero attached hydrogens (tertiary/aromatic N) is 2. The van der Waals surface area contributed by atoms with Crippen molar-refractivity contribution in [2.24, 2.45) is 0 Å². The third kappa shape index (κ3) is 6.16. The first-order valence-corrected chi connectivity index (χ1v) is 11.2. The SMILES string of the molecule is CNS(=O)(=O)Nc1cccc(Cc2c(C)c3cc(C#N)c(OC(=O)N(C)C)cc3oc2=O)c1.[NaH]. The first-order valence-electron chi connectivity index (χ1n) is 9.74. The van der Waals surface area contributed by atoms with Crippen molar-refractivity contribution in [3.05, 3.63) is 69.1 Å². The number of amides is 1. The Morgan fingerprint density at radius 3 is 2.56 bits per heavy atom. The van der Waals surface area contributed by atoms with E-state index in [1.54, 1.807) is 31.2 Å². The van der Waals surface area contributed by atoms with Crippen LogP contribution in [-0.2, 0) is 16.6 Å². The molecule has 3 aromatic rings.